The van der Waals surface area contributed by atoms with Gasteiger partial charge < -0.3 is 9.30 Å². The molecule has 0 aliphatic rings. The van der Waals surface area contributed by atoms with Gasteiger partial charge in [0.2, 0.25) is 5.88 Å². The molecule has 0 bridgehead atoms. The second-order valence-electron chi connectivity index (χ2n) is 9.85. The lowest BCUT2D eigenvalue weighted by Gasteiger charge is -2.19. The number of carbonyl (C=O) groups excluding carboxylic acids is 1. The van der Waals surface area contributed by atoms with Crippen molar-refractivity contribution < 1.29 is 27.1 Å². The van der Waals surface area contributed by atoms with Crippen LogP contribution in [0.4, 0.5) is 17.6 Å². The van der Waals surface area contributed by atoms with Crippen LogP contribution in [0.5, 0.6) is 5.88 Å². The molecule has 4 aromatic rings. The Balaban J connectivity index is 2.12. The average Bonchev–Trinajstić information content (AvgIpc) is 3.12. The summed E-state index contributed by atoms with van der Waals surface area (Å²) in [5.41, 5.74) is 0.295. The fraction of sp³-hybridized carbons (Fsp3) is 0.286. The maximum atomic E-state index is 14.7. The molecule has 36 heavy (non-hydrogen) atoms. The number of alkyl halides is 3. The monoisotopic (exact) mass is 498 g/mol. The number of ether oxygens (including phenoxy) is 1. The average molecular weight is 499 g/mol. The van der Waals surface area contributed by atoms with Crippen LogP contribution in [0.15, 0.2) is 60.8 Å². The number of rotatable bonds is 6. The predicted octanol–water partition coefficient (Wildman–Crippen LogP) is 7.54. The molecule has 0 N–H and O–H groups in total. The van der Waals surface area contributed by atoms with Gasteiger partial charge in [-0.3, -0.25) is 4.79 Å². The Morgan fingerprint density at radius 2 is 1.75 bits per heavy atom. The fourth-order valence-electron chi connectivity index (χ4n) is 4.36. The molecule has 0 fully saturated rings. The van der Waals surface area contributed by atoms with Gasteiger partial charge in [-0.15, -0.1) is 0 Å². The first-order valence-corrected chi connectivity index (χ1v) is 11.4. The fourth-order valence-corrected chi connectivity index (χ4v) is 4.36. The van der Waals surface area contributed by atoms with E-state index in [-0.39, 0.29) is 41.3 Å². The van der Waals surface area contributed by atoms with E-state index in [2.05, 4.69) is 4.98 Å². The minimum atomic E-state index is -4.59. The second kappa shape index (κ2) is 9.41. The molecule has 188 valence electrons. The zero-order valence-electron chi connectivity index (χ0n) is 20.4. The van der Waals surface area contributed by atoms with Crippen molar-refractivity contribution in [3.63, 3.8) is 0 Å². The number of pyridine rings is 1. The summed E-state index contributed by atoms with van der Waals surface area (Å²) in [6, 6.07) is 12.8. The molecule has 0 unspecified atom stereocenters. The van der Waals surface area contributed by atoms with Gasteiger partial charge in [-0.2, -0.15) is 13.2 Å². The zero-order valence-corrected chi connectivity index (χ0v) is 20.4. The molecule has 0 saturated heterocycles. The molecular weight excluding hydrogens is 472 g/mol. The molecule has 2 heterocycles. The quantitative estimate of drug-likeness (QED) is 0.204. The number of fused-ring (bicyclic) bond motifs is 1. The lowest BCUT2D eigenvalue weighted by atomic mass is 9.87. The molecule has 0 spiro atoms. The van der Waals surface area contributed by atoms with Gasteiger partial charge >= 0.3 is 6.18 Å². The molecular formula is C28H26F4N2O2. The van der Waals surface area contributed by atoms with E-state index in [4.69, 9.17) is 4.74 Å². The highest BCUT2D eigenvalue weighted by molar-refractivity contribution is 6.12. The van der Waals surface area contributed by atoms with Gasteiger partial charge in [0.25, 0.3) is 0 Å². The van der Waals surface area contributed by atoms with Crippen molar-refractivity contribution in [3.8, 4) is 17.0 Å². The van der Waals surface area contributed by atoms with Gasteiger partial charge in [0.05, 0.1) is 24.9 Å². The maximum Gasteiger partial charge on any atom is 0.416 e. The van der Waals surface area contributed by atoms with Gasteiger partial charge in [0.1, 0.15) is 5.82 Å². The Morgan fingerprint density at radius 3 is 2.39 bits per heavy atom. The van der Waals surface area contributed by atoms with Crippen LogP contribution in [0.25, 0.3) is 22.0 Å². The van der Waals surface area contributed by atoms with Crippen LogP contribution in [0, 0.1) is 11.2 Å². The van der Waals surface area contributed by atoms with Gasteiger partial charge in [-0.1, -0.05) is 39.0 Å². The first-order chi connectivity index (χ1) is 16.9. The highest BCUT2D eigenvalue weighted by atomic mass is 19.4. The van der Waals surface area contributed by atoms with Crippen molar-refractivity contribution in [1.29, 1.82) is 0 Å². The Morgan fingerprint density at radius 1 is 1.03 bits per heavy atom. The normalized spacial score (nSPS) is 12.2. The molecule has 2 aromatic carbocycles. The third-order valence-electron chi connectivity index (χ3n) is 5.87. The number of halogens is 4. The minimum Gasteiger partial charge on any atom is -0.481 e. The van der Waals surface area contributed by atoms with Gasteiger partial charge in [-0.05, 0) is 41.8 Å². The SMILES string of the molecule is COc1ncccc1-c1c(C(=O)CC(C)(C)C)n(Cc2ccccc2F)c2ccc(C(F)(F)F)cc12. The third kappa shape index (κ3) is 4.98. The van der Waals surface area contributed by atoms with Crippen LogP contribution in [-0.2, 0) is 12.7 Å². The van der Waals surface area contributed by atoms with Gasteiger partial charge in [0.15, 0.2) is 5.78 Å². The van der Waals surface area contributed by atoms with E-state index in [1.807, 2.05) is 20.8 Å². The number of Topliss-reactive ketones (excluding diaryl/α,β-unsaturated/α-hetero) is 1. The van der Waals surface area contributed by atoms with E-state index >= 15 is 0 Å². The molecule has 0 atom stereocenters. The number of ketones is 1. The van der Waals surface area contributed by atoms with Crippen molar-refractivity contribution in [2.24, 2.45) is 5.41 Å². The number of aromatic nitrogens is 2. The highest BCUT2D eigenvalue weighted by Crippen LogP contribution is 2.43. The van der Waals surface area contributed by atoms with E-state index in [1.165, 1.54) is 25.4 Å². The van der Waals surface area contributed by atoms with Crippen molar-refractivity contribution in [1.82, 2.24) is 9.55 Å². The number of benzene rings is 2. The summed E-state index contributed by atoms with van der Waals surface area (Å²) in [5.74, 6) is -0.574. The van der Waals surface area contributed by atoms with Crippen LogP contribution in [0.1, 0.15) is 48.8 Å². The van der Waals surface area contributed by atoms with Gasteiger partial charge in [-0.25, -0.2) is 9.37 Å². The molecule has 8 heteroatoms. The van der Waals surface area contributed by atoms with E-state index in [9.17, 15) is 22.4 Å². The van der Waals surface area contributed by atoms with Crippen LogP contribution in [0.2, 0.25) is 0 Å². The number of methoxy groups -OCH3 is 1. The summed E-state index contributed by atoms with van der Waals surface area (Å²) in [6.45, 7) is 5.67. The summed E-state index contributed by atoms with van der Waals surface area (Å²) >= 11 is 0. The molecule has 2 aromatic heterocycles. The summed E-state index contributed by atoms with van der Waals surface area (Å²) in [5, 5.41) is 0.213. The topological polar surface area (TPSA) is 44.1 Å². The van der Waals surface area contributed by atoms with Gasteiger partial charge in [0, 0.05) is 40.2 Å². The van der Waals surface area contributed by atoms with Crippen molar-refractivity contribution in [3.05, 3.63) is 83.4 Å². The standard InChI is InChI=1S/C28H26F4N2O2/c1-27(2,3)15-23(35)25-24(19-9-7-13-33-26(19)36-4)20-14-18(28(30,31)32)11-12-22(20)34(25)16-17-8-5-6-10-21(17)29/h5-14H,15-16H2,1-4H3. The van der Waals surface area contributed by atoms with Crippen LogP contribution < -0.4 is 4.74 Å². The first kappa shape index (κ1) is 25.4. The number of hydrogen-bond donors (Lipinski definition) is 0. The number of hydrogen-bond acceptors (Lipinski definition) is 3. The molecule has 4 nitrogen and oxygen atoms in total. The summed E-state index contributed by atoms with van der Waals surface area (Å²) in [4.78, 5) is 18.0. The van der Waals surface area contributed by atoms with Crippen LogP contribution in [0.3, 0.4) is 0 Å². The largest absolute Gasteiger partial charge is 0.481 e. The molecule has 0 saturated carbocycles. The molecule has 0 radical (unpaired) electrons. The van der Waals surface area contributed by atoms with Crippen molar-refractivity contribution in [2.45, 2.75) is 39.9 Å². The Kier molecular flexibility index (Phi) is 6.64. The lowest BCUT2D eigenvalue weighted by Crippen LogP contribution is -2.18. The molecule has 0 amide bonds. The maximum absolute atomic E-state index is 14.7. The summed E-state index contributed by atoms with van der Waals surface area (Å²) in [6.07, 6.45) is -2.96. The predicted molar refractivity (Wildman–Crippen MR) is 131 cm³/mol. The number of nitrogens with zero attached hydrogens (tertiary/aromatic N) is 2. The van der Waals surface area contributed by atoms with Crippen molar-refractivity contribution >= 4 is 16.7 Å². The van der Waals surface area contributed by atoms with Crippen LogP contribution >= 0.6 is 0 Å². The molecule has 4 rings (SSSR count). The molecule has 0 aliphatic carbocycles. The van der Waals surface area contributed by atoms with Crippen molar-refractivity contribution in [2.75, 3.05) is 7.11 Å². The second-order valence-corrected chi connectivity index (χ2v) is 9.85. The van der Waals surface area contributed by atoms with E-state index in [0.29, 0.717) is 16.6 Å². The first-order valence-electron chi connectivity index (χ1n) is 11.4. The number of carbonyl (C=O) groups is 1. The summed E-state index contributed by atoms with van der Waals surface area (Å²) in [7, 11) is 1.40. The zero-order chi connectivity index (χ0) is 26.3. The Hall–Kier alpha value is -3.68. The highest BCUT2D eigenvalue weighted by Gasteiger charge is 2.34. The molecule has 0 aliphatic heterocycles. The Labute approximate surface area is 206 Å². The Bertz CT molecular complexity index is 1430. The van der Waals surface area contributed by atoms with Crippen LogP contribution in [-0.4, -0.2) is 22.4 Å². The smallest absolute Gasteiger partial charge is 0.416 e. The third-order valence-corrected chi connectivity index (χ3v) is 5.87. The van der Waals surface area contributed by atoms with E-state index in [0.717, 1.165) is 12.1 Å². The van der Waals surface area contributed by atoms with E-state index in [1.54, 1.807) is 34.9 Å². The minimum absolute atomic E-state index is 0.0394. The van der Waals surface area contributed by atoms with E-state index < -0.39 is 23.0 Å². The lowest BCUT2D eigenvalue weighted by molar-refractivity contribution is -0.137. The summed E-state index contributed by atoms with van der Waals surface area (Å²) < 4.78 is 62.9.